The van der Waals surface area contributed by atoms with Gasteiger partial charge in [0.15, 0.2) is 6.61 Å². The fraction of sp³-hybridized carbons (Fsp3) is 0.105. The third kappa shape index (κ3) is 4.64. The highest BCUT2D eigenvalue weighted by molar-refractivity contribution is 14.1. The molecule has 1 aromatic heterocycles. The second kappa shape index (κ2) is 8.21. The Labute approximate surface area is 168 Å². The van der Waals surface area contributed by atoms with E-state index in [0.29, 0.717) is 16.9 Å². The Balaban J connectivity index is 1.59. The lowest BCUT2D eigenvalue weighted by molar-refractivity contribution is -0.119. The van der Waals surface area contributed by atoms with E-state index in [2.05, 4.69) is 32.9 Å². The lowest BCUT2D eigenvalue weighted by Gasteiger charge is -2.08. The van der Waals surface area contributed by atoms with Gasteiger partial charge in [0, 0.05) is 21.1 Å². The molecular weight excluding hydrogens is 461 g/mol. The van der Waals surface area contributed by atoms with Gasteiger partial charge in [-0.3, -0.25) is 9.36 Å². The van der Waals surface area contributed by atoms with Gasteiger partial charge in [0.2, 0.25) is 0 Å². The predicted octanol–water partition coefficient (Wildman–Crippen LogP) is 2.87. The summed E-state index contributed by atoms with van der Waals surface area (Å²) in [4.78, 5) is 38.4. The summed E-state index contributed by atoms with van der Waals surface area (Å²) in [7, 11) is 0. The molecule has 27 heavy (non-hydrogen) atoms. The highest BCUT2D eigenvalue weighted by atomic mass is 127. The number of esters is 1. The van der Waals surface area contributed by atoms with E-state index in [0.717, 1.165) is 9.26 Å². The van der Waals surface area contributed by atoms with Crippen LogP contribution in [-0.2, 0) is 9.53 Å². The molecule has 0 fully saturated rings. The van der Waals surface area contributed by atoms with Gasteiger partial charge in [-0.25, -0.2) is 9.59 Å². The van der Waals surface area contributed by atoms with Gasteiger partial charge in [0.05, 0.1) is 11.3 Å². The Morgan fingerprint density at radius 2 is 1.78 bits per heavy atom. The molecule has 0 saturated heterocycles. The van der Waals surface area contributed by atoms with Gasteiger partial charge < -0.3 is 15.0 Å². The van der Waals surface area contributed by atoms with E-state index in [4.69, 9.17) is 4.74 Å². The summed E-state index contributed by atoms with van der Waals surface area (Å²) >= 11 is 2.17. The molecule has 0 saturated carbocycles. The number of hydrogen-bond acceptors (Lipinski definition) is 4. The molecule has 3 rings (SSSR count). The Kier molecular flexibility index (Phi) is 5.75. The smallest absolute Gasteiger partial charge is 0.338 e. The number of H-pyrrole nitrogens is 1. The average Bonchev–Trinajstić information content (AvgIpc) is 3.00. The molecule has 138 valence electrons. The molecule has 3 aromatic rings. The number of aromatic amines is 1. The van der Waals surface area contributed by atoms with Crippen LogP contribution in [0.2, 0.25) is 0 Å². The topological polar surface area (TPSA) is 93.2 Å². The average molecular weight is 477 g/mol. The van der Waals surface area contributed by atoms with Crippen LogP contribution >= 0.6 is 22.6 Å². The predicted molar refractivity (Wildman–Crippen MR) is 109 cm³/mol. The van der Waals surface area contributed by atoms with Gasteiger partial charge in [0.1, 0.15) is 0 Å². The number of rotatable bonds is 5. The van der Waals surface area contributed by atoms with Crippen molar-refractivity contribution in [3.8, 4) is 5.69 Å². The summed E-state index contributed by atoms with van der Waals surface area (Å²) in [6, 6.07) is 13.6. The number of carbonyl (C=O) groups excluding carboxylic acids is 2. The molecule has 0 unspecified atom stereocenters. The standard InChI is InChI=1S/C19H16IN3O4/c1-12-10-21-19(26)23(12)16-8-2-13(3-9-16)18(25)27-11-17(24)22-15-6-4-14(20)5-7-15/h2-10H,11H2,1H3,(H,21,26)(H,22,24). The third-order valence-corrected chi connectivity index (χ3v) is 4.50. The van der Waals surface area contributed by atoms with Crippen molar-refractivity contribution in [1.82, 2.24) is 9.55 Å². The summed E-state index contributed by atoms with van der Waals surface area (Å²) in [5, 5.41) is 2.66. The van der Waals surface area contributed by atoms with E-state index < -0.39 is 11.9 Å². The fourth-order valence-electron chi connectivity index (χ4n) is 2.47. The van der Waals surface area contributed by atoms with Crippen LogP contribution in [0.1, 0.15) is 16.1 Å². The number of nitrogens with zero attached hydrogens (tertiary/aromatic N) is 1. The van der Waals surface area contributed by atoms with Gasteiger partial charge in [-0.05, 0) is 78.0 Å². The van der Waals surface area contributed by atoms with E-state index in [1.807, 2.05) is 12.1 Å². The van der Waals surface area contributed by atoms with Crippen molar-refractivity contribution in [3.63, 3.8) is 0 Å². The van der Waals surface area contributed by atoms with Gasteiger partial charge in [-0.15, -0.1) is 0 Å². The quantitative estimate of drug-likeness (QED) is 0.437. The first-order valence-electron chi connectivity index (χ1n) is 8.04. The normalized spacial score (nSPS) is 10.4. The Bertz CT molecular complexity index is 1020. The molecule has 2 aromatic carbocycles. The number of imidazole rings is 1. The highest BCUT2D eigenvalue weighted by Crippen LogP contribution is 2.12. The molecule has 8 heteroatoms. The fourth-order valence-corrected chi connectivity index (χ4v) is 2.83. The first-order valence-corrected chi connectivity index (χ1v) is 9.12. The van der Waals surface area contributed by atoms with E-state index >= 15 is 0 Å². The molecule has 0 radical (unpaired) electrons. The van der Waals surface area contributed by atoms with Crippen LogP contribution in [0.25, 0.3) is 5.69 Å². The van der Waals surface area contributed by atoms with Crippen molar-refractivity contribution in [2.75, 3.05) is 11.9 Å². The summed E-state index contributed by atoms with van der Waals surface area (Å²) < 4.78 is 7.58. The van der Waals surface area contributed by atoms with Gasteiger partial charge in [0.25, 0.3) is 5.91 Å². The molecule has 0 aliphatic heterocycles. The molecule has 0 aliphatic carbocycles. The van der Waals surface area contributed by atoms with Crippen molar-refractivity contribution in [2.45, 2.75) is 6.92 Å². The number of aryl methyl sites for hydroxylation is 1. The number of aromatic nitrogens is 2. The number of hydrogen-bond donors (Lipinski definition) is 2. The molecule has 0 bridgehead atoms. The van der Waals surface area contributed by atoms with Crippen molar-refractivity contribution >= 4 is 40.2 Å². The molecular formula is C19H16IN3O4. The first kappa shape index (κ1) is 18.9. The number of ether oxygens (including phenoxy) is 1. The maximum Gasteiger partial charge on any atom is 0.338 e. The molecule has 7 nitrogen and oxygen atoms in total. The molecule has 0 atom stereocenters. The number of carbonyl (C=O) groups is 2. The highest BCUT2D eigenvalue weighted by Gasteiger charge is 2.12. The van der Waals surface area contributed by atoms with E-state index in [1.54, 1.807) is 49.5 Å². The minimum absolute atomic E-state index is 0.255. The summed E-state index contributed by atoms with van der Waals surface area (Å²) in [6.07, 6.45) is 1.61. The summed E-state index contributed by atoms with van der Waals surface area (Å²) in [6.45, 7) is 1.41. The van der Waals surface area contributed by atoms with E-state index in [1.165, 1.54) is 4.57 Å². The summed E-state index contributed by atoms with van der Waals surface area (Å²) in [5.74, 6) is -1.03. The first-order chi connectivity index (χ1) is 12.9. The van der Waals surface area contributed by atoms with Gasteiger partial charge in [-0.2, -0.15) is 0 Å². The van der Waals surface area contributed by atoms with Gasteiger partial charge >= 0.3 is 11.7 Å². The van der Waals surface area contributed by atoms with Crippen molar-refractivity contribution in [3.05, 3.63) is 80.0 Å². The van der Waals surface area contributed by atoms with Crippen LogP contribution in [0.5, 0.6) is 0 Å². The zero-order valence-electron chi connectivity index (χ0n) is 14.4. The van der Waals surface area contributed by atoms with Crippen LogP contribution in [0.15, 0.2) is 59.5 Å². The van der Waals surface area contributed by atoms with E-state index in [-0.39, 0.29) is 12.3 Å². The van der Waals surface area contributed by atoms with Crippen molar-refractivity contribution in [2.24, 2.45) is 0 Å². The maximum absolute atomic E-state index is 12.1. The maximum atomic E-state index is 12.1. The monoisotopic (exact) mass is 477 g/mol. The lowest BCUT2D eigenvalue weighted by Crippen LogP contribution is -2.21. The van der Waals surface area contributed by atoms with Crippen LogP contribution in [0.3, 0.4) is 0 Å². The van der Waals surface area contributed by atoms with Gasteiger partial charge in [-0.1, -0.05) is 0 Å². The van der Waals surface area contributed by atoms with Crippen LogP contribution < -0.4 is 11.0 Å². The lowest BCUT2D eigenvalue weighted by atomic mass is 10.2. The van der Waals surface area contributed by atoms with E-state index in [9.17, 15) is 14.4 Å². The van der Waals surface area contributed by atoms with Crippen molar-refractivity contribution in [1.29, 1.82) is 0 Å². The molecule has 1 amide bonds. The largest absolute Gasteiger partial charge is 0.452 e. The minimum atomic E-state index is -0.613. The zero-order valence-corrected chi connectivity index (χ0v) is 16.5. The molecule has 2 N–H and O–H groups in total. The number of amides is 1. The number of benzene rings is 2. The number of halogens is 1. The van der Waals surface area contributed by atoms with Crippen LogP contribution in [0, 0.1) is 10.5 Å². The minimum Gasteiger partial charge on any atom is -0.452 e. The molecule has 1 heterocycles. The Morgan fingerprint density at radius 3 is 2.37 bits per heavy atom. The Hall–Kier alpha value is -2.88. The number of anilines is 1. The number of nitrogens with one attached hydrogen (secondary N) is 2. The SMILES string of the molecule is Cc1c[nH]c(=O)n1-c1ccc(C(=O)OCC(=O)Nc2ccc(I)cc2)cc1. The van der Waals surface area contributed by atoms with Crippen LogP contribution in [0.4, 0.5) is 5.69 Å². The molecule has 0 spiro atoms. The summed E-state index contributed by atoms with van der Waals surface area (Å²) in [5.41, 5.74) is 2.06. The van der Waals surface area contributed by atoms with Crippen LogP contribution in [-0.4, -0.2) is 28.0 Å². The zero-order chi connectivity index (χ0) is 19.4. The second-order valence-corrected chi connectivity index (χ2v) is 6.99. The third-order valence-electron chi connectivity index (χ3n) is 3.78. The Morgan fingerprint density at radius 1 is 1.11 bits per heavy atom. The van der Waals surface area contributed by atoms with Crippen molar-refractivity contribution < 1.29 is 14.3 Å². The molecule has 0 aliphatic rings. The second-order valence-electron chi connectivity index (χ2n) is 5.75.